The van der Waals surface area contributed by atoms with E-state index in [1.807, 2.05) is 12.1 Å². The van der Waals surface area contributed by atoms with Crippen LogP contribution in [0.15, 0.2) is 66.9 Å². The lowest BCUT2D eigenvalue weighted by Gasteiger charge is -2.10. The van der Waals surface area contributed by atoms with Crippen LogP contribution in [0.4, 0.5) is 20.6 Å². The van der Waals surface area contributed by atoms with E-state index in [0.29, 0.717) is 28.8 Å². The summed E-state index contributed by atoms with van der Waals surface area (Å²) in [6.07, 6.45) is 1.47. The lowest BCUT2D eigenvalue weighted by Crippen LogP contribution is -2.19. The fourth-order valence-electron chi connectivity index (χ4n) is 2.16. The van der Waals surface area contributed by atoms with Crippen molar-refractivity contribution in [2.24, 2.45) is 0 Å². The smallest absolute Gasteiger partial charge is 0.323 e. The molecule has 0 saturated heterocycles. The Bertz CT molecular complexity index is 883. The molecule has 0 atom stereocenters. The Morgan fingerprint density at radius 2 is 1.58 bits per heavy atom. The van der Waals surface area contributed by atoms with E-state index in [4.69, 9.17) is 9.47 Å². The van der Waals surface area contributed by atoms with Crippen molar-refractivity contribution in [3.63, 3.8) is 0 Å². The van der Waals surface area contributed by atoms with Crippen molar-refractivity contribution >= 4 is 17.4 Å². The Morgan fingerprint density at radius 1 is 0.923 bits per heavy atom. The number of rotatable bonds is 5. The van der Waals surface area contributed by atoms with E-state index < -0.39 is 6.03 Å². The van der Waals surface area contributed by atoms with E-state index in [-0.39, 0.29) is 5.82 Å². The lowest BCUT2D eigenvalue weighted by atomic mass is 10.3. The van der Waals surface area contributed by atoms with Gasteiger partial charge >= 0.3 is 6.03 Å². The van der Waals surface area contributed by atoms with Crippen molar-refractivity contribution in [3.8, 4) is 17.4 Å². The first-order chi connectivity index (χ1) is 12.6. The first kappa shape index (κ1) is 17.2. The summed E-state index contributed by atoms with van der Waals surface area (Å²) in [6.45, 7) is 0. The second-order valence-corrected chi connectivity index (χ2v) is 5.22. The van der Waals surface area contributed by atoms with Gasteiger partial charge in [-0.2, -0.15) is 0 Å². The number of para-hydroxylation sites is 2. The van der Waals surface area contributed by atoms with Crippen LogP contribution >= 0.6 is 0 Å². The number of carbonyl (C=O) groups is 1. The predicted molar refractivity (Wildman–Crippen MR) is 96.3 cm³/mol. The van der Waals surface area contributed by atoms with Gasteiger partial charge in [0.05, 0.1) is 19.0 Å². The number of pyridine rings is 1. The zero-order valence-corrected chi connectivity index (χ0v) is 13.9. The second kappa shape index (κ2) is 7.98. The molecule has 2 amide bonds. The van der Waals surface area contributed by atoms with E-state index in [2.05, 4.69) is 15.6 Å². The SMILES string of the molecule is COc1ccccc1Oc1ccc(NC(=O)Nc2ccc(F)cc2)cn1. The summed E-state index contributed by atoms with van der Waals surface area (Å²) in [5.41, 5.74) is 0.963. The average molecular weight is 353 g/mol. The molecule has 0 radical (unpaired) electrons. The molecular weight excluding hydrogens is 337 g/mol. The topological polar surface area (TPSA) is 72.5 Å². The Morgan fingerprint density at radius 3 is 2.23 bits per heavy atom. The minimum absolute atomic E-state index is 0.360. The quantitative estimate of drug-likeness (QED) is 0.699. The third-order valence-electron chi connectivity index (χ3n) is 3.38. The van der Waals surface area contributed by atoms with Crippen LogP contribution in [0.1, 0.15) is 0 Å². The van der Waals surface area contributed by atoms with Crippen molar-refractivity contribution in [1.82, 2.24) is 4.98 Å². The maximum Gasteiger partial charge on any atom is 0.323 e. The van der Waals surface area contributed by atoms with Crippen LogP contribution in [0.5, 0.6) is 17.4 Å². The van der Waals surface area contributed by atoms with Gasteiger partial charge in [-0.25, -0.2) is 14.2 Å². The normalized spacial score (nSPS) is 10.1. The van der Waals surface area contributed by atoms with E-state index in [1.54, 1.807) is 31.4 Å². The van der Waals surface area contributed by atoms with Crippen LogP contribution in [0.3, 0.4) is 0 Å². The molecule has 0 aliphatic rings. The van der Waals surface area contributed by atoms with Crippen molar-refractivity contribution in [2.45, 2.75) is 0 Å². The predicted octanol–water partition coefficient (Wildman–Crippen LogP) is 4.67. The number of nitrogens with zero attached hydrogens (tertiary/aromatic N) is 1. The average Bonchev–Trinajstić information content (AvgIpc) is 2.65. The molecule has 1 heterocycles. The second-order valence-electron chi connectivity index (χ2n) is 5.22. The molecule has 2 N–H and O–H groups in total. The molecule has 2 aromatic carbocycles. The van der Waals surface area contributed by atoms with Crippen LogP contribution in [0.25, 0.3) is 0 Å². The molecule has 26 heavy (non-hydrogen) atoms. The number of hydrogen-bond acceptors (Lipinski definition) is 4. The highest BCUT2D eigenvalue weighted by Crippen LogP contribution is 2.30. The van der Waals surface area contributed by atoms with Gasteiger partial charge < -0.3 is 20.1 Å². The fourth-order valence-corrected chi connectivity index (χ4v) is 2.16. The molecule has 0 aliphatic carbocycles. The number of hydrogen-bond donors (Lipinski definition) is 2. The van der Waals surface area contributed by atoms with Crippen LogP contribution in [0.2, 0.25) is 0 Å². The number of urea groups is 1. The summed E-state index contributed by atoms with van der Waals surface area (Å²) >= 11 is 0. The highest BCUT2D eigenvalue weighted by molar-refractivity contribution is 5.99. The molecule has 0 saturated carbocycles. The van der Waals surface area contributed by atoms with Crippen molar-refractivity contribution in [2.75, 3.05) is 17.7 Å². The summed E-state index contributed by atoms with van der Waals surface area (Å²) < 4.78 is 23.7. The molecule has 3 rings (SSSR count). The maximum atomic E-state index is 12.9. The molecule has 3 aromatic rings. The van der Waals surface area contributed by atoms with Gasteiger partial charge in [0, 0.05) is 11.8 Å². The zero-order chi connectivity index (χ0) is 18.4. The van der Waals surface area contributed by atoms with Gasteiger partial charge in [-0.3, -0.25) is 0 Å². The third kappa shape index (κ3) is 4.47. The van der Waals surface area contributed by atoms with Gasteiger partial charge in [-0.15, -0.1) is 0 Å². The van der Waals surface area contributed by atoms with Gasteiger partial charge in [0.1, 0.15) is 5.82 Å². The van der Waals surface area contributed by atoms with Crippen LogP contribution in [-0.4, -0.2) is 18.1 Å². The zero-order valence-electron chi connectivity index (χ0n) is 13.9. The van der Waals surface area contributed by atoms with E-state index >= 15 is 0 Å². The van der Waals surface area contributed by atoms with Gasteiger partial charge in [0.25, 0.3) is 0 Å². The monoisotopic (exact) mass is 353 g/mol. The van der Waals surface area contributed by atoms with E-state index in [9.17, 15) is 9.18 Å². The van der Waals surface area contributed by atoms with Gasteiger partial charge in [-0.1, -0.05) is 12.1 Å². The van der Waals surface area contributed by atoms with E-state index in [0.717, 1.165) is 0 Å². The van der Waals surface area contributed by atoms with Gasteiger partial charge in [0.15, 0.2) is 11.5 Å². The number of halogens is 1. The Hall–Kier alpha value is -3.61. The fraction of sp³-hybridized carbons (Fsp3) is 0.0526. The van der Waals surface area contributed by atoms with Crippen molar-refractivity contribution in [3.05, 3.63) is 72.7 Å². The molecule has 0 spiro atoms. The van der Waals surface area contributed by atoms with Gasteiger partial charge in [0.2, 0.25) is 5.88 Å². The highest BCUT2D eigenvalue weighted by atomic mass is 19.1. The largest absolute Gasteiger partial charge is 0.493 e. The van der Waals surface area contributed by atoms with Crippen molar-refractivity contribution < 1.29 is 18.7 Å². The number of ether oxygens (including phenoxy) is 2. The van der Waals surface area contributed by atoms with Gasteiger partial charge in [-0.05, 0) is 42.5 Å². The summed E-state index contributed by atoms with van der Waals surface area (Å²) in [6, 6.07) is 15.5. The Balaban J connectivity index is 1.60. The summed E-state index contributed by atoms with van der Waals surface area (Å²) in [7, 11) is 1.56. The minimum atomic E-state index is -0.461. The summed E-state index contributed by atoms with van der Waals surface area (Å²) in [5, 5.41) is 5.23. The molecule has 1 aromatic heterocycles. The molecule has 0 bridgehead atoms. The van der Waals surface area contributed by atoms with Crippen LogP contribution in [0, 0.1) is 5.82 Å². The molecular formula is C19H16FN3O3. The number of nitrogens with one attached hydrogen (secondary N) is 2. The highest BCUT2D eigenvalue weighted by Gasteiger charge is 2.07. The minimum Gasteiger partial charge on any atom is -0.493 e. The Kier molecular flexibility index (Phi) is 5.28. The third-order valence-corrected chi connectivity index (χ3v) is 3.38. The molecule has 0 unspecified atom stereocenters. The number of amides is 2. The number of anilines is 2. The van der Waals surface area contributed by atoms with Crippen LogP contribution in [-0.2, 0) is 0 Å². The summed E-state index contributed by atoms with van der Waals surface area (Å²) in [5.74, 6) is 1.12. The van der Waals surface area contributed by atoms with Crippen LogP contribution < -0.4 is 20.1 Å². The molecule has 6 nitrogen and oxygen atoms in total. The van der Waals surface area contributed by atoms with Crippen molar-refractivity contribution in [1.29, 1.82) is 0 Å². The standard InChI is InChI=1S/C19H16FN3O3/c1-25-16-4-2-3-5-17(16)26-18-11-10-15(12-21-18)23-19(24)22-14-8-6-13(20)7-9-14/h2-12H,1H3,(H2,22,23,24). The molecule has 0 aliphatic heterocycles. The molecule has 7 heteroatoms. The maximum absolute atomic E-state index is 12.9. The number of methoxy groups -OCH3 is 1. The Labute approximate surface area is 149 Å². The summed E-state index contributed by atoms with van der Waals surface area (Å²) in [4.78, 5) is 16.1. The first-order valence-electron chi connectivity index (χ1n) is 7.74. The number of carbonyl (C=O) groups excluding carboxylic acids is 1. The number of aromatic nitrogens is 1. The molecule has 132 valence electrons. The van der Waals surface area contributed by atoms with E-state index in [1.165, 1.54) is 30.5 Å². The first-order valence-corrected chi connectivity index (χ1v) is 7.74. The molecule has 0 fully saturated rings. The lowest BCUT2D eigenvalue weighted by molar-refractivity contribution is 0.262. The number of benzene rings is 2.